The van der Waals surface area contributed by atoms with Crippen molar-refractivity contribution in [2.45, 2.75) is 6.54 Å². The highest BCUT2D eigenvalue weighted by molar-refractivity contribution is 5.58. The van der Waals surface area contributed by atoms with Gasteiger partial charge < -0.3 is 5.73 Å². The highest BCUT2D eigenvalue weighted by Crippen LogP contribution is 2.17. The largest absolute Gasteiger partial charge is 0.325 e. The topological polar surface area (TPSA) is 56.2 Å². The van der Waals surface area contributed by atoms with E-state index in [-0.39, 0.29) is 5.82 Å². The molecule has 3 rings (SSSR count). The van der Waals surface area contributed by atoms with Gasteiger partial charge in [0.05, 0.1) is 5.69 Å². The van der Waals surface area contributed by atoms with Crippen LogP contribution in [-0.2, 0) is 6.54 Å². The molecule has 4 nitrogen and oxygen atoms in total. The van der Waals surface area contributed by atoms with Crippen LogP contribution in [0.15, 0.2) is 42.5 Å². The third-order valence-electron chi connectivity index (χ3n) is 2.75. The second kappa shape index (κ2) is 4.19. The Bertz CT molecular complexity index is 688. The molecule has 0 spiro atoms. The summed E-state index contributed by atoms with van der Waals surface area (Å²) in [6.45, 7) is 0.392. The fourth-order valence-corrected chi connectivity index (χ4v) is 1.84. The number of hydrogen-bond donors (Lipinski definition) is 1. The van der Waals surface area contributed by atoms with Crippen LogP contribution in [-0.4, -0.2) is 14.6 Å². The van der Waals surface area contributed by atoms with E-state index >= 15 is 0 Å². The fraction of sp³-hybridized carbons (Fsp3) is 0.0769. The van der Waals surface area contributed by atoms with Gasteiger partial charge in [-0.05, 0) is 36.4 Å². The van der Waals surface area contributed by atoms with Crippen LogP contribution in [0, 0.1) is 5.82 Å². The van der Waals surface area contributed by atoms with Gasteiger partial charge in [-0.15, -0.1) is 5.10 Å². The standard InChI is InChI=1S/C13H11FN4/c14-10-6-4-9(5-7-10)13-16-12-3-1-2-11(8-15)18(12)17-13/h1-7H,8,15H2. The first-order valence-corrected chi connectivity index (χ1v) is 5.58. The molecule has 90 valence electrons. The number of benzene rings is 1. The first-order chi connectivity index (χ1) is 8.78. The molecule has 3 aromatic rings. The Hall–Kier alpha value is -2.27. The third-order valence-corrected chi connectivity index (χ3v) is 2.75. The fourth-order valence-electron chi connectivity index (χ4n) is 1.84. The van der Waals surface area contributed by atoms with Crippen molar-refractivity contribution in [2.24, 2.45) is 5.73 Å². The van der Waals surface area contributed by atoms with Crippen LogP contribution < -0.4 is 5.73 Å². The summed E-state index contributed by atoms with van der Waals surface area (Å²) in [5.41, 5.74) is 8.04. The molecule has 18 heavy (non-hydrogen) atoms. The molecular formula is C13H11FN4. The summed E-state index contributed by atoms with van der Waals surface area (Å²) in [5.74, 6) is 0.293. The average molecular weight is 242 g/mol. The number of aromatic nitrogens is 3. The van der Waals surface area contributed by atoms with Crippen molar-refractivity contribution in [3.63, 3.8) is 0 Å². The van der Waals surface area contributed by atoms with Gasteiger partial charge in [0.2, 0.25) is 0 Å². The summed E-state index contributed by atoms with van der Waals surface area (Å²) in [7, 11) is 0. The van der Waals surface area contributed by atoms with Crippen molar-refractivity contribution < 1.29 is 4.39 Å². The maximum atomic E-state index is 12.9. The number of fused-ring (bicyclic) bond motifs is 1. The van der Waals surface area contributed by atoms with Crippen LogP contribution >= 0.6 is 0 Å². The van der Waals surface area contributed by atoms with Gasteiger partial charge in [-0.25, -0.2) is 13.9 Å². The molecular weight excluding hydrogens is 231 g/mol. The molecule has 0 aliphatic carbocycles. The van der Waals surface area contributed by atoms with Gasteiger partial charge in [-0.3, -0.25) is 0 Å². The van der Waals surface area contributed by atoms with Crippen molar-refractivity contribution >= 4 is 5.65 Å². The minimum absolute atomic E-state index is 0.273. The quantitative estimate of drug-likeness (QED) is 0.747. The predicted octanol–water partition coefficient (Wildman–Crippen LogP) is 1.99. The lowest BCUT2D eigenvalue weighted by Gasteiger charge is -1.98. The summed E-state index contributed by atoms with van der Waals surface area (Å²) in [6.07, 6.45) is 0. The lowest BCUT2D eigenvalue weighted by atomic mass is 10.2. The van der Waals surface area contributed by atoms with Crippen LogP contribution in [0.2, 0.25) is 0 Å². The minimum atomic E-state index is -0.273. The van der Waals surface area contributed by atoms with Crippen LogP contribution in [0.5, 0.6) is 0 Å². The van der Waals surface area contributed by atoms with E-state index in [0.717, 1.165) is 16.9 Å². The van der Waals surface area contributed by atoms with E-state index in [9.17, 15) is 4.39 Å². The average Bonchev–Trinajstić information content (AvgIpc) is 2.83. The molecule has 2 heterocycles. The summed E-state index contributed by atoms with van der Waals surface area (Å²) in [6, 6.07) is 11.8. The molecule has 0 atom stereocenters. The Morgan fingerprint density at radius 1 is 1.11 bits per heavy atom. The summed E-state index contributed by atoms with van der Waals surface area (Å²) >= 11 is 0. The van der Waals surface area contributed by atoms with E-state index < -0.39 is 0 Å². The smallest absolute Gasteiger partial charge is 0.182 e. The molecule has 0 fully saturated rings. The zero-order valence-electron chi connectivity index (χ0n) is 9.55. The van der Waals surface area contributed by atoms with Crippen LogP contribution in [0.3, 0.4) is 0 Å². The van der Waals surface area contributed by atoms with E-state index in [1.165, 1.54) is 12.1 Å². The molecule has 0 unspecified atom stereocenters. The zero-order chi connectivity index (χ0) is 12.5. The molecule has 0 saturated carbocycles. The summed E-state index contributed by atoms with van der Waals surface area (Å²) < 4.78 is 14.6. The Balaban J connectivity index is 2.16. The molecule has 0 aliphatic heterocycles. The first-order valence-electron chi connectivity index (χ1n) is 5.58. The van der Waals surface area contributed by atoms with Crippen molar-refractivity contribution in [3.8, 4) is 11.4 Å². The number of nitrogens with two attached hydrogens (primary N) is 1. The van der Waals surface area contributed by atoms with E-state index in [0.29, 0.717) is 12.4 Å². The number of nitrogens with zero attached hydrogens (tertiary/aromatic N) is 3. The monoisotopic (exact) mass is 242 g/mol. The Kier molecular flexibility index (Phi) is 2.53. The lowest BCUT2D eigenvalue weighted by molar-refractivity contribution is 0.628. The van der Waals surface area contributed by atoms with Gasteiger partial charge in [0, 0.05) is 12.1 Å². The van der Waals surface area contributed by atoms with Gasteiger partial charge in [0.1, 0.15) is 5.82 Å². The normalized spacial score (nSPS) is 11.0. The van der Waals surface area contributed by atoms with E-state index in [2.05, 4.69) is 10.1 Å². The number of halogens is 1. The van der Waals surface area contributed by atoms with Gasteiger partial charge in [0.15, 0.2) is 11.5 Å². The van der Waals surface area contributed by atoms with Gasteiger partial charge in [-0.2, -0.15) is 0 Å². The van der Waals surface area contributed by atoms with Crippen LogP contribution in [0.25, 0.3) is 17.0 Å². The van der Waals surface area contributed by atoms with E-state index in [1.54, 1.807) is 16.6 Å². The van der Waals surface area contributed by atoms with Crippen LogP contribution in [0.1, 0.15) is 5.69 Å². The second-order valence-corrected chi connectivity index (χ2v) is 3.93. The maximum absolute atomic E-state index is 12.9. The molecule has 0 bridgehead atoms. The Morgan fingerprint density at radius 2 is 1.89 bits per heavy atom. The lowest BCUT2D eigenvalue weighted by Crippen LogP contribution is -2.04. The number of pyridine rings is 1. The van der Waals surface area contributed by atoms with Crippen LogP contribution in [0.4, 0.5) is 4.39 Å². The van der Waals surface area contributed by atoms with E-state index in [4.69, 9.17) is 5.73 Å². The summed E-state index contributed by atoms with van der Waals surface area (Å²) in [5, 5.41) is 4.39. The highest BCUT2D eigenvalue weighted by Gasteiger charge is 2.08. The Morgan fingerprint density at radius 3 is 2.61 bits per heavy atom. The second-order valence-electron chi connectivity index (χ2n) is 3.93. The van der Waals surface area contributed by atoms with Gasteiger partial charge in [0.25, 0.3) is 0 Å². The highest BCUT2D eigenvalue weighted by atomic mass is 19.1. The number of hydrogen-bond acceptors (Lipinski definition) is 3. The third kappa shape index (κ3) is 1.74. The molecule has 2 N–H and O–H groups in total. The number of rotatable bonds is 2. The zero-order valence-corrected chi connectivity index (χ0v) is 9.55. The van der Waals surface area contributed by atoms with Crippen molar-refractivity contribution in [3.05, 3.63) is 54.0 Å². The first kappa shape index (κ1) is 10.9. The molecule has 2 aromatic heterocycles. The van der Waals surface area contributed by atoms with Gasteiger partial charge >= 0.3 is 0 Å². The molecule has 5 heteroatoms. The molecule has 0 radical (unpaired) electrons. The van der Waals surface area contributed by atoms with Crippen molar-refractivity contribution in [1.82, 2.24) is 14.6 Å². The van der Waals surface area contributed by atoms with Crippen molar-refractivity contribution in [2.75, 3.05) is 0 Å². The molecule has 0 aliphatic rings. The van der Waals surface area contributed by atoms with E-state index in [1.807, 2.05) is 18.2 Å². The predicted molar refractivity (Wildman–Crippen MR) is 66.3 cm³/mol. The maximum Gasteiger partial charge on any atom is 0.182 e. The Labute approximate surface area is 103 Å². The minimum Gasteiger partial charge on any atom is -0.325 e. The van der Waals surface area contributed by atoms with Crippen molar-refractivity contribution in [1.29, 1.82) is 0 Å². The molecule has 0 amide bonds. The molecule has 1 aromatic carbocycles. The summed E-state index contributed by atoms with van der Waals surface area (Å²) in [4.78, 5) is 4.40. The van der Waals surface area contributed by atoms with Gasteiger partial charge in [-0.1, -0.05) is 6.07 Å². The SMILES string of the molecule is NCc1cccc2nc(-c3ccc(F)cc3)nn12. The molecule has 0 saturated heterocycles.